The van der Waals surface area contributed by atoms with E-state index in [9.17, 15) is 9.59 Å². The van der Waals surface area contributed by atoms with Crippen LogP contribution in [0.3, 0.4) is 0 Å². The molecule has 3 rings (SSSR count). The molecule has 0 radical (unpaired) electrons. The fraction of sp³-hybridized carbons (Fsp3) is 0.364. The number of carbonyl (C=O) groups excluding carboxylic acids is 2. The molecule has 0 spiro atoms. The van der Waals surface area contributed by atoms with Crippen molar-refractivity contribution in [2.45, 2.75) is 32.4 Å². The Labute approximate surface area is 172 Å². The van der Waals surface area contributed by atoms with Crippen molar-refractivity contribution in [1.82, 2.24) is 10.2 Å². The lowest BCUT2D eigenvalue weighted by atomic mass is 9.88. The maximum Gasteiger partial charge on any atom is 0.242 e. The Morgan fingerprint density at radius 2 is 1.75 bits per heavy atom. The third-order valence-corrected chi connectivity index (χ3v) is 5.15. The number of carbonyl (C=O) groups is 2. The second kappa shape index (κ2) is 9.71. The predicted octanol–water partition coefficient (Wildman–Crippen LogP) is 2.68. The second-order valence-electron chi connectivity index (χ2n) is 7.34. The summed E-state index contributed by atoms with van der Waals surface area (Å²) in [6, 6.07) is 17.5. The van der Waals surface area contributed by atoms with E-state index in [-0.39, 0.29) is 42.7 Å². The monoisotopic (exact) mass is 401 g/mol. The van der Waals surface area contributed by atoms with Gasteiger partial charge in [-0.15, -0.1) is 12.4 Å². The Hall–Kier alpha value is -2.37. The molecule has 0 bridgehead atoms. The Morgan fingerprint density at radius 1 is 1.11 bits per heavy atom. The molecule has 1 aliphatic rings. The third-order valence-electron chi connectivity index (χ3n) is 5.15. The van der Waals surface area contributed by atoms with Crippen molar-refractivity contribution in [2.75, 3.05) is 13.1 Å². The summed E-state index contributed by atoms with van der Waals surface area (Å²) in [6.07, 6.45) is 0.810. The highest BCUT2D eigenvalue weighted by atomic mass is 35.5. The molecule has 1 heterocycles. The van der Waals surface area contributed by atoms with Crippen LogP contribution in [-0.4, -0.2) is 35.8 Å². The van der Waals surface area contributed by atoms with Crippen LogP contribution in [0.1, 0.15) is 36.6 Å². The van der Waals surface area contributed by atoms with Crippen molar-refractivity contribution in [3.8, 4) is 0 Å². The first-order valence-corrected chi connectivity index (χ1v) is 9.44. The normalized spacial score (nSPS) is 16.7. The maximum atomic E-state index is 13.0. The number of nitrogens with two attached hydrogens (primary N) is 1. The fourth-order valence-corrected chi connectivity index (χ4v) is 3.51. The average molecular weight is 402 g/mol. The first-order chi connectivity index (χ1) is 13.0. The highest BCUT2D eigenvalue weighted by Gasteiger charge is 2.32. The molecule has 1 aliphatic heterocycles. The topological polar surface area (TPSA) is 75.4 Å². The Kier molecular flexibility index (Phi) is 7.61. The minimum Gasteiger partial charge on any atom is -0.346 e. The van der Waals surface area contributed by atoms with Crippen molar-refractivity contribution >= 4 is 24.2 Å². The zero-order chi connectivity index (χ0) is 19.4. The molecule has 2 atom stereocenters. The van der Waals surface area contributed by atoms with E-state index in [0.717, 1.165) is 17.5 Å². The predicted molar refractivity (Wildman–Crippen MR) is 113 cm³/mol. The molecular weight excluding hydrogens is 374 g/mol. The number of rotatable bonds is 5. The van der Waals surface area contributed by atoms with Crippen LogP contribution in [-0.2, 0) is 16.0 Å². The number of hydrogen-bond donors (Lipinski definition) is 2. The van der Waals surface area contributed by atoms with Crippen LogP contribution in [0.25, 0.3) is 0 Å². The summed E-state index contributed by atoms with van der Waals surface area (Å²) in [6.45, 7) is 4.37. The highest BCUT2D eigenvalue weighted by Crippen LogP contribution is 2.34. The van der Waals surface area contributed by atoms with Gasteiger partial charge < -0.3 is 16.0 Å². The number of hydrogen-bond acceptors (Lipinski definition) is 3. The van der Waals surface area contributed by atoms with Gasteiger partial charge in [-0.25, -0.2) is 0 Å². The van der Waals surface area contributed by atoms with Crippen molar-refractivity contribution in [2.24, 2.45) is 11.7 Å². The van der Waals surface area contributed by atoms with E-state index in [1.165, 1.54) is 5.56 Å². The third kappa shape index (κ3) is 4.72. The highest BCUT2D eigenvalue weighted by molar-refractivity contribution is 5.88. The molecular formula is C22H28ClN3O2. The van der Waals surface area contributed by atoms with E-state index in [0.29, 0.717) is 6.54 Å². The molecule has 0 saturated heterocycles. The Morgan fingerprint density at radius 3 is 2.43 bits per heavy atom. The SMILES string of the molecule is CC(C)[C@H](N)C(=O)NCC(=O)N1CCc2ccccc2C1c1ccccc1.Cl. The van der Waals surface area contributed by atoms with E-state index in [2.05, 4.69) is 17.4 Å². The van der Waals surface area contributed by atoms with Gasteiger partial charge in [-0.05, 0) is 29.0 Å². The van der Waals surface area contributed by atoms with E-state index in [4.69, 9.17) is 5.73 Å². The van der Waals surface area contributed by atoms with Crippen LogP contribution < -0.4 is 11.1 Å². The van der Waals surface area contributed by atoms with Gasteiger partial charge in [0.2, 0.25) is 11.8 Å². The standard InChI is InChI=1S/C22H27N3O2.ClH/c1-15(2)20(23)22(27)24-14-19(26)25-13-12-16-8-6-7-11-18(16)21(25)17-9-4-3-5-10-17;/h3-11,15,20-21H,12-14,23H2,1-2H3,(H,24,27);1H/t20-,21?;/m0./s1. The van der Waals surface area contributed by atoms with Crippen LogP contribution in [0.5, 0.6) is 0 Å². The zero-order valence-corrected chi connectivity index (χ0v) is 17.1. The van der Waals surface area contributed by atoms with Crippen molar-refractivity contribution in [3.63, 3.8) is 0 Å². The number of nitrogens with zero attached hydrogens (tertiary/aromatic N) is 1. The molecule has 0 saturated carbocycles. The molecule has 28 heavy (non-hydrogen) atoms. The van der Waals surface area contributed by atoms with E-state index < -0.39 is 6.04 Å². The quantitative estimate of drug-likeness (QED) is 0.808. The molecule has 1 unspecified atom stereocenters. The molecule has 0 fully saturated rings. The maximum absolute atomic E-state index is 13.0. The van der Waals surface area contributed by atoms with Gasteiger partial charge >= 0.3 is 0 Å². The lowest BCUT2D eigenvalue weighted by Gasteiger charge is -2.38. The number of amides is 2. The van der Waals surface area contributed by atoms with Crippen LogP contribution in [0, 0.1) is 5.92 Å². The first kappa shape index (κ1) is 21.9. The smallest absolute Gasteiger partial charge is 0.242 e. The van der Waals surface area contributed by atoms with Gasteiger partial charge in [0.1, 0.15) is 0 Å². The lowest BCUT2D eigenvalue weighted by Crippen LogP contribution is -2.49. The van der Waals surface area contributed by atoms with E-state index >= 15 is 0 Å². The van der Waals surface area contributed by atoms with Crippen LogP contribution in [0.2, 0.25) is 0 Å². The number of nitrogens with one attached hydrogen (secondary N) is 1. The number of fused-ring (bicyclic) bond motifs is 1. The first-order valence-electron chi connectivity index (χ1n) is 9.44. The molecule has 2 aromatic rings. The molecule has 150 valence electrons. The molecule has 6 heteroatoms. The summed E-state index contributed by atoms with van der Waals surface area (Å²) in [7, 11) is 0. The second-order valence-corrected chi connectivity index (χ2v) is 7.34. The Bertz CT molecular complexity index is 810. The zero-order valence-electron chi connectivity index (χ0n) is 16.3. The van der Waals surface area contributed by atoms with E-state index in [1.807, 2.05) is 61.2 Å². The van der Waals surface area contributed by atoms with Crippen molar-refractivity contribution in [1.29, 1.82) is 0 Å². The summed E-state index contributed by atoms with van der Waals surface area (Å²) in [5, 5.41) is 2.70. The molecule has 2 amide bonds. The van der Waals surface area contributed by atoms with Gasteiger partial charge in [-0.1, -0.05) is 68.4 Å². The summed E-state index contributed by atoms with van der Waals surface area (Å²) >= 11 is 0. The van der Waals surface area contributed by atoms with Gasteiger partial charge in [-0.2, -0.15) is 0 Å². The number of benzene rings is 2. The molecule has 0 aromatic heterocycles. The summed E-state index contributed by atoms with van der Waals surface area (Å²) < 4.78 is 0. The van der Waals surface area contributed by atoms with Gasteiger partial charge in [0, 0.05) is 6.54 Å². The Balaban J connectivity index is 0.00000280. The number of halogens is 1. The molecule has 5 nitrogen and oxygen atoms in total. The van der Waals surface area contributed by atoms with Gasteiger partial charge in [0.15, 0.2) is 0 Å². The molecule has 3 N–H and O–H groups in total. The lowest BCUT2D eigenvalue weighted by molar-refractivity contribution is -0.135. The summed E-state index contributed by atoms with van der Waals surface area (Å²) in [4.78, 5) is 26.9. The summed E-state index contributed by atoms with van der Waals surface area (Å²) in [5.41, 5.74) is 9.35. The van der Waals surface area contributed by atoms with Gasteiger partial charge in [0.25, 0.3) is 0 Å². The minimum atomic E-state index is -0.607. The van der Waals surface area contributed by atoms with Gasteiger partial charge in [-0.3, -0.25) is 9.59 Å². The van der Waals surface area contributed by atoms with Crippen molar-refractivity contribution < 1.29 is 9.59 Å². The van der Waals surface area contributed by atoms with Crippen molar-refractivity contribution in [3.05, 3.63) is 71.3 Å². The van der Waals surface area contributed by atoms with E-state index in [1.54, 1.807) is 0 Å². The van der Waals surface area contributed by atoms with Crippen LogP contribution in [0.4, 0.5) is 0 Å². The summed E-state index contributed by atoms with van der Waals surface area (Å²) in [5.74, 6) is -0.353. The largest absolute Gasteiger partial charge is 0.346 e. The minimum absolute atomic E-state index is 0. The van der Waals surface area contributed by atoms with Crippen LogP contribution in [0.15, 0.2) is 54.6 Å². The molecule has 2 aromatic carbocycles. The average Bonchev–Trinajstić information content (AvgIpc) is 2.70. The van der Waals surface area contributed by atoms with Gasteiger partial charge in [0.05, 0.1) is 18.6 Å². The molecule has 0 aliphatic carbocycles. The van der Waals surface area contributed by atoms with Crippen LogP contribution >= 0.6 is 12.4 Å². The fourth-order valence-electron chi connectivity index (χ4n) is 3.51.